The van der Waals surface area contributed by atoms with E-state index >= 15 is 0 Å². The van der Waals surface area contributed by atoms with Gasteiger partial charge in [-0.15, -0.1) is 67.3 Å². The molecule has 0 saturated heterocycles. The van der Waals surface area contributed by atoms with Crippen LogP contribution in [-0.4, -0.2) is 6.88 Å². The van der Waals surface area contributed by atoms with Gasteiger partial charge in [-0.1, -0.05) is 6.07 Å². The van der Waals surface area contributed by atoms with Crippen LogP contribution in [0.3, 0.4) is 0 Å². The molecule has 0 unspecified atom stereocenters. The molecule has 0 heterocycles. The van der Waals surface area contributed by atoms with Crippen LogP contribution >= 0.6 is 24.8 Å². The first kappa shape index (κ1) is 32.2. The predicted octanol–water partition coefficient (Wildman–Crippen LogP) is 6.53. The van der Waals surface area contributed by atoms with Crippen molar-refractivity contribution in [2.45, 2.75) is 12.8 Å². The summed E-state index contributed by atoms with van der Waals surface area (Å²) in [5.74, 6) is 0. The zero-order valence-electron chi connectivity index (χ0n) is 14.7. The fraction of sp³-hybridized carbons (Fsp3) is 0.0952. The van der Waals surface area contributed by atoms with Crippen LogP contribution < -0.4 is 0 Å². The smallest absolute Gasteiger partial charge is 0.0809 e. The molecule has 0 aromatic heterocycles. The molecule has 4 rings (SSSR count). The summed E-state index contributed by atoms with van der Waals surface area (Å²) in [5, 5.41) is 2.66. The Morgan fingerprint density at radius 2 is 1.36 bits per heavy atom. The Balaban J connectivity index is -0.000000123. The van der Waals surface area contributed by atoms with Gasteiger partial charge in [0.1, 0.15) is 0 Å². The molecule has 0 saturated carbocycles. The average molecular weight is 468 g/mol. The molecule has 0 atom stereocenters. The van der Waals surface area contributed by atoms with Gasteiger partial charge in [0, 0.05) is 0 Å². The van der Waals surface area contributed by atoms with Crippen molar-refractivity contribution in [3.05, 3.63) is 106 Å². The van der Waals surface area contributed by atoms with E-state index in [1.807, 2.05) is 24.3 Å². The average Bonchev–Trinajstić information content (AvgIpc) is 3.35. The van der Waals surface area contributed by atoms with E-state index in [1.54, 1.807) is 0 Å². The molecule has 136 valence electrons. The van der Waals surface area contributed by atoms with E-state index in [9.17, 15) is 0 Å². The molecular weight excluding hydrogens is 442 g/mol. The maximum Gasteiger partial charge on any atom is -0.0809 e. The van der Waals surface area contributed by atoms with Crippen molar-refractivity contribution in [3.8, 4) is 0 Å². The molecule has 0 N–H and O–H groups in total. The summed E-state index contributed by atoms with van der Waals surface area (Å²) in [6.07, 6.45) is 20.0. The molecule has 0 aliphatic heterocycles. The fourth-order valence-corrected chi connectivity index (χ4v) is 1.75. The largest absolute Gasteiger partial charge is 0.168 e. The maximum atomic E-state index is 3.06. The summed E-state index contributed by atoms with van der Waals surface area (Å²) in [6.45, 7) is 3.06. The first-order valence-electron chi connectivity index (χ1n) is 6.76. The van der Waals surface area contributed by atoms with Gasteiger partial charge in [-0.05, 0) is 0 Å². The minimum Gasteiger partial charge on any atom is -0.168 e. The minimum atomic E-state index is 0. The second kappa shape index (κ2) is 23.5. The van der Waals surface area contributed by atoms with Crippen molar-refractivity contribution in [2.24, 2.45) is 0 Å². The standard InChI is InChI=1S/C9H7.2C5H5.2CH3.2ClH.Si.Zr/c1-2-5-9-7-3-6-8(9)4-1;2*1-2-4-5-3-1;;;;;;/h1-7H;2*1-3H,4H2;2*1H3;2*1H;;/q5*-1;;;;. The Hall–Kier alpha value is -0.530. The van der Waals surface area contributed by atoms with Gasteiger partial charge in [0.05, 0.1) is 0 Å². The van der Waals surface area contributed by atoms with Gasteiger partial charge in [-0.25, -0.2) is 24.3 Å². The van der Waals surface area contributed by atoms with Gasteiger partial charge >= 0.3 is 30.2 Å². The van der Waals surface area contributed by atoms with Gasteiger partial charge < -0.3 is 14.9 Å². The monoisotopic (exact) mass is 465 g/mol. The molecule has 0 bridgehead atoms. The van der Waals surface area contributed by atoms with E-state index in [0.29, 0.717) is 0 Å². The number of hydrogen-bond acceptors (Lipinski definition) is 0. The summed E-state index contributed by atoms with van der Waals surface area (Å²) in [4.78, 5) is 0. The second-order valence-corrected chi connectivity index (χ2v) is 4.16. The van der Waals surface area contributed by atoms with Gasteiger partial charge in [-0.2, -0.15) is 29.7 Å². The van der Waals surface area contributed by atoms with Crippen LogP contribution in [0.5, 0.6) is 0 Å². The SMILES string of the molecule is Cl.Cl.[C-]1=CC=CC1.[C-]1=CC=CC1.[CH3-].[CH3-].[Si]=[Zr].c1ccc2[cH-]ccc2c1. The molecule has 2 aromatic rings. The minimum absolute atomic E-state index is 0. The van der Waals surface area contributed by atoms with Crippen LogP contribution in [0.25, 0.3) is 10.8 Å². The number of hydrogen-bond donors (Lipinski definition) is 0. The summed E-state index contributed by atoms with van der Waals surface area (Å²) in [6, 6.07) is 14.7. The molecule has 0 nitrogen and oxygen atoms in total. The third kappa shape index (κ3) is 15.4. The molecule has 0 fully saturated rings. The molecule has 2 aromatic carbocycles. The van der Waals surface area contributed by atoms with Gasteiger partial charge in [0.15, 0.2) is 0 Å². The third-order valence-corrected chi connectivity index (χ3v) is 2.72. The number of halogens is 2. The molecule has 0 spiro atoms. The van der Waals surface area contributed by atoms with Crippen LogP contribution in [0.1, 0.15) is 12.8 Å². The van der Waals surface area contributed by atoms with E-state index in [0.717, 1.165) is 12.8 Å². The Bertz CT molecular complexity index is 555. The zero-order chi connectivity index (χ0) is 15.2. The molecule has 2 aliphatic rings. The summed E-state index contributed by atoms with van der Waals surface area (Å²) >= 11 is 1.36. The van der Waals surface area contributed by atoms with Crippen LogP contribution in [-0.2, 0) is 23.3 Å². The summed E-state index contributed by atoms with van der Waals surface area (Å²) in [7, 11) is 0. The Kier molecular flexibility index (Phi) is 30.2. The van der Waals surface area contributed by atoms with Crippen molar-refractivity contribution >= 4 is 42.5 Å². The Labute approximate surface area is 183 Å². The Morgan fingerprint density at radius 3 is 1.72 bits per heavy atom. The molecule has 2 aliphatic carbocycles. The van der Waals surface area contributed by atoms with Crippen molar-refractivity contribution < 1.29 is 23.3 Å². The van der Waals surface area contributed by atoms with Crippen molar-refractivity contribution in [1.82, 2.24) is 0 Å². The van der Waals surface area contributed by atoms with Gasteiger partial charge in [0.2, 0.25) is 0 Å². The molecule has 2 radical (unpaired) electrons. The third-order valence-electron chi connectivity index (χ3n) is 2.72. The summed E-state index contributed by atoms with van der Waals surface area (Å²) < 4.78 is 0. The van der Waals surface area contributed by atoms with E-state index < -0.39 is 0 Å². The van der Waals surface area contributed by atoms with Gasteiger partial charge in [0.25, 0.3) is 0 Å². The van der Waals surface area contributed by atoms with Gasteiger partial charge in [-0.3, -0.25) is 12.2 Å². The van der Waals surface area contributed by atoms with E-state index in [2.05, 4.69) is 73.6 Å². The van der Waals surface area contributed by atoms with Crippen molar-refractivity contribution in [1.29, 1.82) is 0 Å². The quantitative estimate of drug-likeness (QED) is 0.305. The molecule has 25 heavy (non-hydrogen) atoms. The first-order valence-corrected chi connectivity index (χ1v) is 10.9. The molecule has 4 heteroatoms. The predicted molar refractivity (Wildman–Crippen MR) is 116 cm³/mol. The van der Waals surface area contributed by atoms with Crippen molar-refractivity contribution in [2.75, 3.05) is 0 Å². The Morgan fingerprint density at radius 1 is 0.840 bits per heavy atom. The molecule has 0 amide bonds. The number of allylic oxidation sites excluding steroid dienone is 8. The van der Waals surface area contributed by atoms with Crippen LogP contribution in [0, 0.1) is 27.0 Å². The topological polar surface area (TPSA) is 0 Å². The van der Waals surface area contributed by atoms with Crippen LogP contribution in [0.15, 0.2) is 78.9 Å². The van der Waals surface area contributed by atoms with E-state index in [-0.39, 0.29) is 39.7 Å². The van der Waals surface area contributed by atoms with E-state index in [4.69, 9.17) is 0 Å². The van der Waals surface area contributed by atoms with Crippen LogP contribution in [0.4, 0.5) is 0 Å². The maximum absolute atomic E-state index is 3.06. The number of fused-ring (bicyclic) bond motifs is 1. The van der Waals surface area contributed by atoms with Crippen molar-refractivity contribution in [3.63, 3.8) is 0 Å². The number of benzene rings is 1. The van der Waals surface area contributed by atoms with Crippen LogP contribution in [0.2, 0.25) is 0 Å². The fourth-order valence-electron chi connectivity index (χ4n) is 1.75. The molecular formula is C21H25Cl2SiZr-5. The second-order valence-electron chi connectivity index (χ2n) is 4.16. The normalized spacial score (nSPS) is 10.8. The first-order chi connectivity index (χ1) is 10.5. The number of rotatable bonds is 0. The zero-order valence-corrected chi connectivity index (χ0v) is 19.8. The summed E-state index contributed by atoms with van der Waals surface area (Å²) in [5.41, 5.74) is 0. The van der Waals surface area contributed by atoms with E-state index in [1.165, 1.54) is 34.1 Å².